The fraction of sp³-hybridized carbons (Fsp3) is 0.385. The van der Waals surface area contributed by atoms with Gasteiger partial charge in [0.25, 0.3) is 0 Å². The van der Waals surface area contributed by atoms with Crippen molar-refractivity contribution in [1.29, 1.82) is 0 Å². The fourth-order valence-corrected chi connectivity index (χ4v) is 1.63. The summed E-state index contributed by atoms with van der Waals surface area (Å²) in [5.74, 6) is 0. The third kappa shape index (κ3) is 3.10. The van der Waals surface area contributed by atoms with Crippen LogP contribution in [-0.4, -0.2) is 12.2 Å². The standard InChI is InChI=1S/C13H16O2/c1-11-9-13(7-8-14-11)15-10-12-5-3-2-4-6-12/h2-8,11,13H,9-10H2,1H3/t11-,13-/m0/s1. The summed E-state index contributed by atoms with van der Waals surface area (Å²) >= 11 is 0. The Labute approximate surface area is 90.5 Å². The molecular formula is C13H16O2. The highest BCUT2D eigenvalue weighted by Crippen LogP contribution is 2.15. The Morgan fingerprint density at radius 3 is 2.87 bits per heavy atom. The van der Waals surface area contributed by atoms with Crippen LogP contribution in [0.4, 0.5) is 0 Å². The summed E-state index contributed by atoms with van der Waals surface area (Å²) < 4.78 is 11.1. The first-order chi connectivity index (χ1) is 7.34. The van der Waals surface area contributed by atoms with Crippen LogP contribution in [0.2, 0.25) is 0 Å². The van der Waals surface area contributed by atoms with E-state index in [9.17, 15) is 0 Å². The van der Waals surface area contributed by atoms with Gasteiger partial charge in [0.2, 0.25) is 0 Å². The molecular weight excluding hydrogens is 188 g/mol. The van der Waals surface area contributed by atoms with Crippen LogP contribution < -0.4 is 0 Å². The second kappa shape index (κ2) is 4.99. The Balaban J connectivity index is 1.83. The van der Waals surface area contributed by atoms with E-state index in [0.29, 0.717) is 6.61 Å². The summed E-state index contributed by atoms with van der Waals surface area (Å²) in [5.41, 5.74) is 1.21. The van der Waals surface area contributed by atoms with Gasteiger partial charge in [0.05, 0.1) is 25.1 Å². The van der Waals surface area contributed by atoms with E-state index < -0.39 is 0 Å². The summed E-state index contributed by atoms with van der Waals surface area (Å²) in [6.07, 6.45) is 5.10. The molecule has 0 aromatic heterocycles. The van der Waals surface area contributed by atoms with Gasteiger partial charge in [-0.25, -0.2) is 0 Å². The quantitative estimate of drug-likeness (QED) is 0.753. The van der Waals surface area contributed by atoms with Crippen LogP contribution in [0.1, 0.15) is 18.9 Å². The van der Waals surface area contributed by atoms with Crippen LogP contribution in [0, 0.1) is 0 Å². The van der Waals surface area contributed by atoms with Crippen molar-refractivity contribution in [3.63, 3.8) is 0 Å². The van der Waals surface area contributed by atoms with E-state index in [1.54, 1.807) is 6.26 Å². The van der Waals surface area contributed by atoms with Crippen molar-refractivity contribution in [2.75, 3.05) is 0 Å². The topological polar surface area (TPSA) is 18.5 Å². The maximum atomic E-state index is 5.77. The molecule has 0 aliphatic carbocycles. The zero-order valence-corrected chi connectivity index (χ0v) is 8.93. The molecule has 0 N–H and O–H groups in total. The molecule has 15 heavy (non-hydrogen) atoms. The van der Waals surface area contributed by atoms with Crippen molar-refractivity contribution in [2.24, 2.45) is 0 Å². The van der Waals surface area contributed by atoms with E-state index in [1.807, 2.05) is 24.3 Å². The van der Waals surface area contributed by atoms with Crippen LogP contribution in [0.5, 0.6) is 0 Å². The maximum absolute atomic E-state index is 5.77. The molecule has 0 radical (unpaired) electrons. The van der Waals surface area contributed by atoms with Gasteiger partial charge < -0.3 is 9.47 Å². The van der Waals surface area contributed by atoms with Crippen molar-refractivity contribution in [3.8, 4) is 0 Å². The highest BCUT2D eigenvalue weighted by atomic mass is 16.5. The summed E-state index contributed by atoms with van der Waals surface area (Å²) in [7, 11) is 0. The zero-order valence-electron chi connectivity index (χ0n) is 8.93. The van der Waals surface area contributed by atoms with Gasteiger partial charge in [0, 0.05) is 6.42 Å². The second-order valence-electron chi connectivity index (χ2n) is 3.85. The third-order valence-corrected chi connectivity index (χ3v) is 2.48. The normalized spacial score (nSPS) is 24.9. The lowest BCUT2D eigenvalue weighted by molar-refractivity contribution is 0.0136. The molecule has 0 fully saturated rings. The van der Waals surface area contributed by atoms with E-state index in [2.05, 4.69) is 19.1 Å². The van der Waals surface area contributed by atoms with Gasteiger partial charge in [-0.3, -0.25) is 0 Å². The van der Waals surface area contributed by atoms with Gasteiger partial charge in [-0.15, -0.1) is 0 Å². The molecule has 80 valence electrons. The lowest BCUT2D eigenvalue weighted by Crippen LogP contribution is -2.21. The van der Waals surface area contributed by atoms with E-state index in [0.717, 1.165) is 6.42 Å². The molecule has 0 saturated carbocycles. The summed E-state index contributed by atoms with van der Waals surface area (Å²) in [6, 6.07) is 10.2. The highest BCUT2D eigenvalue weighted by Gasteiger charge is 2.15. The minimum Gasteiger partial charge on any atom is -0.498 e. The Morgan fingerprint density at radius 2 is 2.13 bits per heavy atom. The van der Waals surface area contributed by atoms with E-state index in [4.69, 9.17) is 9.47 Å². The van der Waals surface area contributed by atoms with Gasteiger partial charge in [0.15, 0.2) is 0 Å². The van der Waals surface area contributed by atoms with Crippen LogP contribution in [-0.2, 0) is 16.1 Å². The lowest BCUT2D eigenvalue weighted by atomic mass is 10.1. The smallest absolute Gasteiger partial charge is 0.0978 e. The molecule has 2 nitrogen and oxygen atoms in total. The minimum absolute atomic E-state index is 0.189. The number of hydrogen-bond acceptors (Lipinski definition) is 2. The molecule has 2 heteroatoms. The van der Waals surface area contributed by atoms with Gasteiger partial charge in [-0.2, -0.15) is 0 Å². The molecule has 0 bridgehead atoms. The average Bonchev–Trinajstić information content (AvgIpc) is 2.28. The van der Waals surface area contributed by atoms with Crippen LogP contribution in [0.25, 0.3) is 0 Å². The van der Waals surface area contributed by atoms with E-state index in [1.165, 1.54) is 5.56 Å². The zero-order chi connectivity index (χ0) is 10.5. The molecule has 1 aromatic carbocycles. The number of benzene rings is 1. The van der Waals surface area contributed by atoms with Gasteiger partial charge >= 0.3 is 0 Å². The van der Waals surface area contributed by atoms with Crippen LogP contribution in [0.3, 0.4) is 0 Å². The Hall–Kier alpha value is -1.28. The maximum Gasteiger partial charge on any atom is 0.0978 e. The first-order valence-corrected chi connectivity index (χ1v) is 5.32. The molecule has 0 unspecified atom stereocenters. The van der Waals surface area contributed by atoms with Crippen LogP contribution in [0.15, 0.2) is 42.7 Å². The van der Waals surface area contributed by atoms with Crippen molar-refractivity contribution >= 4 is 0 Å². The largest absolute Gasteiger partial charge is 0.498 e. The Kier molecular flexibility index (Phi) is 3.41. The minimum atomic E-state index is 0.189. The first kappa shape index (κ1) is 10.2. The van der Waals surface area contributed by atoms with Gasteiger partial charge in [0.1, 0.15) is 0 Å². The molecule has 1 aliphatic rings. The summed E-state index contributed by atoms with van der Waals surface area (Å²) in [6.45, 7) is 2.73. The molecule has 2 atom stereocenters. The molecule has 1 aliphatic heterocycles. The molecule has 2 rings (SSSR count). The average molecular weight is 204 g/mol. The van der Waals surface area contributed by atoms with Crippen molar-refractivity contribution in [2.45, 2.75) is 32.2 Å². The van der Waals surface area contributed by atoms with Crippen LogP contribution >= 0.6 is 0 Å². The number of rotatable bonds is 3. The SMILES string of the molecule is C[C@H]1C[C@@H](OCc2ccccc2)C=CO1. The molecule has 1 aromatic rings. The second-order valence-corrected chi connectivity index (χ2v) is 3.85. The summed E-state index contributed by atoms with van der Waals surface area (Å²) in [5, 5.41) is 0. The van der Waals surface area contributed by atoms with E-state index >= 15 is 0 Å². The van der Waals surface area contributed by atoms with Gasteiger partial charge in [-0.1, -0.05) is 30.3 Å². The van der Waals surface area contributed by atoms with Crippen molar-refractivity contribution in [1.82, 2.24) is 0 Å². The number of ether oxygens (including phenoxy) is 2. The highest BCUT2D eigenvalue weighted by molar-refractivity contribution is 5.13. The summed E-state index contributed by atoms with van der Waals surface area (Å²) in [4.78, 5) is 0. The van der Waals surface area contributed by atoms with Crippen molar-refractivity contribution < 1.29 is 9.47 Å². The predicted octanol–water partition coefficient (Wildman–Crippen LogP) is 2.89. The predicted molar refractivity (Wildman–Crippen MR) is 59.3 cm³/mol. The Bertz CT molecular complexity index is 319. The molecule has 0 spiro atoms. The lowest BCUT2D eigenvalue weighted by Gasteiger charge is -2.22. The van der Waals surface area contributed by atoms with E-state index in [-0.39, 0.29) is 12.2 Å². The Morgan fingerprint density at radius 1 is 1.33 bits per heavy atom. The molecule has 1 heterocycles. The third-order valence-electron chi connectivity index (χ3n) is 2.48. The first-order valence-electron chi connectivity index (χ1n) is 5.32. The number of hydrogen-bond donors (Lipinski definition) is 0. The van der Waals surface area contributed by atoms with Gasteiger partial charge in [-0.05, 0) is 18.6 Å². The fourth-order valence-electron chi connectivity index (χ4n) is 1.63. The van der Waals surface area contributed by atoms with Crippen molar-refractivity contribution in [3.05, 3.63) is 48.2 Å². The molecule has 0 saturated heterocycles. The monoisotopic (exact) mass is 204 g/mol. The molecule has 0 amide bonds.